The van der Waals surface area contributed by atoms with Gasteiger partial charge in [0, 0.05) is 6.20 Å². The van der Waals surface area contributed by atoms with Gasteiger partial charge in [0.2, 0.25) is 5.91 Å². The van der Waals surface area contributed by atoms with Gasteiger partial charge in [-0.15, -0.1) is 0 Å². The Morgan fingerprint density at radius 3 is 3.10 bits per heavy atom. The van der Waals surface area contributed by atoms with Gasteiger partial charge in [0.05, 0.1) is 6.54 Å². The zero-order valence-electron chi connectivity index (χ0n) is 5.42. The summed E-state index contributed by atoms with van der Waals surface area (Å²) >= 11 is 0. The quantitative estimate of drug-likeness (QED) is 0.547. The number of anilines is 1. The van der Waals surface area contributed by atoms with Crippen LogP contribution in [-0.4, -0.2) is 17.4 Å². The molecular formula is C6H9N3O. The first kappa shape index (κ1) is 6.67. The average Bonchev–Trinajstić information content (AvgIpc) is 2.34. The number of hydrogen-bond donors (Lipinski definition) is 3. The number of hydrogen-bond acceptors (Lipinski definition) is 2. The molecule has 1 aromatic heterocycles. The topological polar surface area (TPSA) is 70.9 Å². The maximum absolute atomic E-state index is 10.2. The molecule has 0 saturated carbocycles. The maximum atomic E-state index is 10.2. The van der Waals surface area contributed by atoms with Gasteiger partial charge < -0.3 is 16.0 Å². The lowest BCUT2D eigenvalue weighted by molar-refractivity contribution is -0.116. The summed E-state index contributed by atoms with van der Waals surface area (Å²) in [5, 5.41) is 2.79. The smallest absolute Gasteiger partial charge is 0.236 e. The molecule has 0 fully saturated rings. The van der Waals surface area contributed by atoms with Gasteiger partial charge in [0.15, 0.2) is 0 Å². The average molecular weight is 139 g/mol. The number of H-pyrrole nitrogens is 1. The number of carbonyl (C=O) groups is 1. The first-order valence-corrected chi connectivity index (χ1v) is 2.94. The largest absolute Gasteiger partial charge is 0.368 e. The second kappa shape index (κ2) is 2.91. The molecule has 1 rings (SSSR count). The fourth-order valence-electron chi connectivity index (χ4n) is 0.623. The molecule has 4 nitrogen and oxygen atoms in total. The van der Waals surface area contributed by atoms with Gasteiger partial charge in [0.25, 0.3) is 0 Å². The van der Waals surface area contributed by atoms with Crippen molar-refractivity contribution in [2.45, 2.75) is 0 Å². The van der Waals surface area contributed by atoms with Crippen molar-refractivity contribution in [3.8, 4) is 0 Å². The molecule has 0 spiro atoms. The monoisotopic (exact) mass is 139 g/mol. The van der Waals surface area contributed by atoms with E-state index in [-0.39, 0.29) is 12.5 Å². The lowest BCUT2D eigenvalue weighted by Gasteiger charge is -1.97. The number of aromatic amines is 1. The minimum absolute atomic E-state index is 0.167. The van der Waals surface area contributed by atoms with Crippen LogP contribution in [0.1, 0.15) is 0 Å². The summed E-state index contributed by atoms with van der Waals surface area (Å²) in [6.07, 6.45) is 1.77. The van der Waals surface area contributed by atoms with E-state index in [2.05, 4.69) is 10.3 Å². The van der Waals surface area contributed by atoms with Gasteiger partial charge in [0.1, 0.15) is 5.82 Å². The predicted octanol–water partition coefficient (Wildman–Crippen LogP) is -0.0881. The molecule has 54 valence electrons. The van der Waals surface area contributed by atoms with E-state index in [9.17, 15) is 4.79 Å². The Hall–Kier alpha value is -1.45. The number of amides is 1. The summed E-state index contributed by atoms with van der Waals surface area (Å²) in [7, 11) is 0. The molecule has 0 radical (unpaired) electrons. The van der Waals surface area contributed by atoms with Crippen molar-refractivity contribution in [2.75, 3.05) is 11.9 Å². The molecular weight excluding hydrogens is 130 g/mol. The Kier molecular flexibility index (Phi) is 1.94. The number of rotatable bonds is 3. The molecule has 0 atom stereocenters. The maximum Gasteiger partial charge on any atom is 0.236 e. The van der Waals surface area contributed by atoms with E-state index in [0.717, 1.165) is 5.82 Å². The van der Waals surface area contributed by atoms with Crippen molar-refractivity contribution in [3.63, 3.8) is 0 Å². The molecule has 10 heavy (non-hydrogen) atoms. The third kappa shape index (κ3) is 1.81. The van der Waals surface area contributed by atoms with E-state index in [0.29, 0.717) is 0 Å². The second-order valence-corrected chi connectivity index (χ2v) is 1.90. The Labute approximate surface area is 58.4 Å². The number of aromatic nitrogens is 1. The number of primary amides is 1. The van der Waals surface area contributed by atoms with Crippen LogP contribution in [0.2, 0.25) is 0 Å². The lowest BCUT2D eigenvalue weighted by atomic mass is 10.5. The normalized spacial score (nSPS) is 9.20. The van der Waals surface area contributed by atoms with E-state index in [4.69, 9.17) is 5.73 Å². The summed E-state index contributed by atoms with van der Waals surface area (Å²) in [6.45, 7) is 0.167. The van der Waals surface area contributed by atoms with Crippen LogP contribution in [0.5, 0.6) is 0 Å². The van der Waals surface area contributed by atoms with Crippen LogP contribution in [-0.2, 0) is 4.79 Å². The van der Waals surface area contributed by atoms with Crippen LogP contribution in [0.15, 0.2) is 18.3 Å². The highest BCUT2D eigenvalue weighted by atomic mass is 16.1. The molecule has 1 amide bonds. The van der Waals surface area contributed by atoms with Crippen LogP contribution < -0.4 is 11.1 Å². The number of nitrogens with one attached hydrogen (secondary N) is 2. The first-order valence-electron chi connectivity index (χ1n) is 2.94. The van der Waals surface area contributed by atoms with E-state index >= 15 is 0 Å². The Balaban J connectivity index is 2.35. The van der Waals surface area contributed by atoms with Crippen LogP contribution in [0.25, 0.3) is 0 Å². The Morgan fingerprint density at radius 1 is 1.80 bits per heavy atom. The molecule has 0 aliphatic rings. The van der Waals surface area contributed by atoms with Gasteiger partial charge in [-0.2, -0.15) is 0 Å². The summed E-state index contributed by atoms with van der Waals surface area (Å²) in [5.74, 6) is 0.438. The first-order chi connectivity index (χ1) is 4.79. The Morgan fingerprint density at radius 2 is 2.60 bits per heavy atom. The Bertz CT molecular complexity index is 205. The molecule has 0 saturated heterocycles. The fraction of sp³-hybridized carbons (Fsp3) is 0.167. The molecule has 1 heterocycles. The van der Waals surface area contributed by atoms with Crippen molar-refractivity contribution < 1.29 is 4.79 Å². The molecule has 0 aromatic carbocycles. The van der Waals surface area contributed by atoms with Gasteiger partial charge in [-0.3, -0.25) is 4.79 Å². The van der Waals surface area contributed by atoms with Crippen LogP contribution in [0, 0.1) is 0 Å². The molecule has 0 aliphatic heterocycles. The second-order valence-electron chi connectivity index (χ2n) is 1.90. The zero-order valence-corrected chi connectivity index (χ0v) is 5.42. The molecule has 4 N–H and O–H groups in total. The van der Waals surface area contributed by atoms with Crippen molar-refractivity contribution in [3.05, 3.63) is 18.3 Å². The van der Waals surface area contributed by atoms with Crippen molar-refractivity contribution in [1.29, 1.82) is 0 Å². The summed E-state index contributed by atoms with van der Waals surface area (Å²) in [6, 6.07) is 3.66. The van der Waals surface area contributed by atoms with Crippen LogP contribution >= 0.6 is 0 Å². The zero-order chi connectivity index (χ0) is 7.40. The predicted molar refractivity (Wildman–Crippen MR) is 38.5 cm³/mol. The summed E-state index contributed by atoms with van der Waals surface area (Å²) < 4.78 is 0. The van der Waals surface area contributed by atoms with Crippen molar-refractivity contribution in [2.24, 2.45) is 5.73 Å². The van der Waals surface area contributed by atoms with Crippen molar-refractivity contribution in [1.82, 2.24) is 4.98 Å². The van der Waals surface area contributed by atoms with E-state index in [1.807, 2.05) is 12.1 Å². The highest BCUT2D eigenvalue weighted by Crippen LogP contribution is 1.98. The van der Waals surface area contributed by atoms with Gasteiger partial charge in [-0.25, -0.2) is 0 Å². The minimum Gasteiger partial charge on any atom is -0.368 e. The standard InChI is InChI=1S/C6H9N3O/c7-5(10)4-9-6-2-1-3-8-6/h1-3,8-9H,4H2,(H2,7,10). The third-order valence-electron chi connectivity index (χ3n) is 1.05. The molecule has 0 bridgehead atoms. The van der Waals surface area contributed by atoms with Crippen LogP contribution in [0.4, 0.5) is 5.82 Å². The van der Waals surface area contributed by atoms with E-state index in [1.165, 1.54) is 0 Å². The van der Waals surface area contributed by atoms with E-state index in [1.54, 1.807) is 6.20 Å². The summed E-state index contributed by atoms with van der Waals surface area (Å²) in [4.78, 5) is 13.1. The number of nitrogens with two attached hydrogens (primary N) is 1. The highest BCUT2D eigenvalue weighted by molar-refractivity contribution is 5.78. The molecule has 4 heteroatoms. The summed E-state index contributed by atoms with van der Waals surface area (Å²) in [5.41, 5.74) is 4.89. The minimum atomic E-state index is -0.366. The molecule has 0 unspecified atom stereocenters. The van der Waals surface area contributed by atoms with Gasteiger partial charge >= 0.3 is 0 Å². The molecule has 0 aliphatic carbocycles. The molecule has 1 aromatic rings. The third-order valence-corrected chi connectivity index (χ3v) is 1.05. The van der Waals surface area contributed by atoms with E-state index < -0.39 is 0 Å². The number of carbonyl (C=O) groups excluding carboxylic acids is 1. The van der Waals surface area contributed by atoms with Gasteiger partial charge in [-0.05, 0) is 12.1 Å². The van der Waals surface area contributed by atoms with Crippen molar-refractivity contribution >= 4 is 11.7 Å². The fourth-order valence-corrected chi connectivity index (χ4v) is 0.623. The highest BCUT2D eigenvalue weighted by Gasteiger charge is 1.92. The van der Waals surface area contributed by atoms with Crippen LogP contribution in [0.3, 0.4) is 0 Å². The SMILES string of the molecule is NC(=O)CNc1ccc[nH]1. The lowest BCUT2D eigenvalue weighted by Crippen LogP contribution is -2.21. The van der Waals surface area contributed by atoms with Gasteiger partial charge in [-0.1, -0.05) is 0 Å².